The summed E-state index contributed by atoms with van der Waals surface area (Å²) in [6.45, 7) is 10.0. The van der Waals surface area contributed by atoms with Crippen molar-refractivity contribution in [2.24, 2.45) is 0 Å². The SMILES string of the molecule is CCN(CC)c1ccc(Sc2n[nH]c3ccc(C4C(C#N)=C(C)NC(C)=C4C#N)cc23)cc1. The minimum absolute atomic E-state index is 0.383. The van der Waals surface area contributed by atoms with Crippen LogP contribution in [0.25, 0.3) is 10.9 Å². The van der Waals surface area contributed by atoms with E-state index in [1.807, 2.05) is 26.0 Å². The molecule has 3 aromatic rings. The van der Waals surface area contributed by atoms with Crippen LogP contribution in [0, 0.1) is 22.7 Å². The van der Waals surface area contributed by atoms with Gasteiger partial charge < -0.3 is 10.2 Å². The first-order valence-electron chi connectivity index (χ1n) is 11.0. The van der Waals surface area contributed by atoms with Crippen molar-refractivity contribution < 1.29 is 0 Å². The van der Waals surface area contributed by atoms with E-state index >= 15 is 0 Å². The third kappa shape index (κ3) is 4.20. The van der Waals surface area contributed by atoms with Gasteiger partial charge in [-0.25, -0.2) is 0 Å². The van der Waals surface area contributed by atoms with Crippen molar-refractivity contribution in [3.05, 3.63) is 70.6 Å². The van der Waals surface area contributed by atoms with Gasteiger partial charge in [0.05, 0.1) is 34.7 Å². The zero-order valence-corrected chi connectivity index (χ0v) is 20.0. The first kappa shape index (κ1) is 22.5. The number of hydrogen-bond donors (Lipinski definition) is 2. The molecule has 2 heterocycles. The van der Waals surface area contributed by atoms with E-state index in [0.717, 1.165) is 50.9 Å². The van der Waals surface area contributed by atoms with Gasteiger partial charge in [0.25, 0.3) is 0 Å². The van der Waals surface area contributed by atoms with E-state index < -0.39 is 0 Å². The van der Waals surface area contributed by atoms with Crippen molar-refractivity contribution in [3.63, 3.8) is 0 Å². The highest BCUT2D eigenvalue weighted by atomic mass is 32.2. The number of hydrogen-bond acceptors (Lipinski definition) is 6. The second-order valence-electron chi connectivity index (χ2n) is 7.96. The Morgan fingerprint density at radius 2 is 1.61 bits per heavy atom. The summed E-state index contributed by atoms with van der Waals surface area (Å²) >= 11 is 1.60. The topological polar surface area (TPSA) is 91.5 Å². The van der Waals surface area contributed by atoms with E-state index in [9.17, 15) is 10.5 Å². The van der Waals surface area contributed by atoms with Crippen molar-refractivity contribution in [1.29, 1.82) is 10.5 Å². The van der Waals surface area contributed by atoms with Crippen molar-refractivity contribution in [2.45, 2.75) is 43.5 Å². The number of nitrogens with zero attached hydrogens (tertiary/aromatic N) is 4. The lowest BCUT2D eigenvalue weighted by Gasteiger charge is -2.26. The van der Waals surface area contributed by atoms with Crippen LogP contribution in [-0.4, -0.2) is 23.3 Å². The zero-order valence-electron chi connectivity index (χ0n) is 19.2. The fraction of sp³-hybridized carbons (Fsp3) is 0.269. The number of dihydropyridines is 1. The number of anilines is 1. The minimum atomic E-state index is -0.383. The molecular weight excluding hydrogens is 428 g/mol. The normalized spacial score (nSPS) is 14.2. The molecule has 0 unspecified atom stereocenters. The Balaban J connectivity index is 1.71. The molecule has 0 fully saturated rings. The molecule has 7 heteroatoms. The Kier molecular flexibility index (Phi) is 6.44. The quantitative estimate of drug-likeness (QED) is 0.486. The van der Waals surface area contributed by atoms with E-state index in [0.29, 0.717) is 11.1 Å². The van der Waals surface area contributed by atoms with E-state index in [1.54, 1.807) is 11.8 Å². The van der Waals surface area contributed by atoms with E-state index in [-0.39, 0.29) is 5.92 Å². The van der Waals surface area contributed by atoms with Crippen LogP contribution in [-0.2, 0) is 0 Å². The lowest BCUT2D eigenvalue weighted by atomic mass is 9.81. The largest absolute Gasteiger partial charge is 0.372 e. The van der Waals surface area contributed by atoms with Crippen molar-refractivity contribution in [1.82, 2.24) is 15.5 Å². The minimum Gasteiger partial charge on any atom is -0.372 e. The van der Waals surface area contributed by atoms with Gasteiger partial charge in [0, 0.05) is 40.5 Å². The van der Waals surface area contributed by atoms with Crippen LogP contribution in [0.4, 0.5) is 5.69 Å². The predicted molar refractivity (Wildman–Crippen MR) is 133 cm³/mol. The fourth-order valence-electron chi connectivity index (χ4n) is 4.31. The molecular formula is C26H26N6S. The number of aromatic amines is 1. The number of allylic oxidation sites excluding steroid dienone is 4. The van der Waals surface area contributed by atoms with Crippen LogP contribution in [0.2, 0.25) is 0 Å². The molecule has 4 rings (SSSR count). The van der Waals surface area contributed by atoms with Crippen LogP contribution in [0.1, 0.15) is 39.2 Å². The molecule has 0 saturated heterocycles. The second kappa shape index (κ2) is 9.44. The molecule has 2 aromatic carbocycles. The van der Waals surface area contributed by atoms with Crippen molar-refractivity contribution in [3.8, 4) is 12.1 Å². The summed E-state index contributed by atoms with van der Waals surface area (Å²) in [6.07, 6.45) is 0. The van der Waals surface area contributed by atoms with Gasteiger partial charge in [0.2, 0.25) is 0 Å². The van der Waals surface area contributed by atoms with Crippen LogP contribution in [0.3, 0.4) is 0 Å². The number of aromatic nitrogens is 2. The lowest BCUT2D eigenvalue weighted by molar-refractivity contribution is 0.815. The third-order valence-electron chi connectivity index (χ3n) is 6.07. The Labute approximate surface area is 198 Å². The predicted octanol–water partition coefficient (Wildman–Crippen LogP) is 5.84. The average Bonchev–Trinajstić information content (AvgIpc) is 3.22. The first-order valence-corrected chi connectivity index (χ1v) is 11.8. The van der Waals surface area contributed by atoms with Gasteiger partial charge in [0.15, 0.2) is 0 Å². The van der Waals surface area contributed by atoms with Crippen molar-refractivity contribution >= 4 is 28.4 Å². The Morgan fingerprint density at radius 1 is 0.970 bits per heavy atom. The van der Waals surface area contributed by atoms with Gasteiger partial charge in [0.1, 0.15) is 5.03 Å². The van der Waals surface area contributed by atoms with Gasteiger partial charge in [-0.15, -0.1) is 0 Å². The van der Waals surface area contributed by atoms with Crippen molar-refractivity contribution in [2.75, 3.05) is 18.0 Å². The molecule has 0 radical (unpaired) electrons. The summed E-state index contributed by atoms with van der Waals surface area (Å²) in [5.41, 5.74) is 5.76. The van der Waals surface area contributed by atoms with Crippen LogP contribution in [0.15, 0.2) is 74.9 Å². The molecule has 1 aromatic heterocycles. The highest BCUT2D eigenvalue weighted by Crippen LogP contribution is 2.40. The highest BCUT2D eigenvalue weighted by molar-refractivity contribution is 7.99. The maximum atomic E-state index is 9.81. The summed E-state index contributed by atoms with van der Waals surface area (Å²) in [5.74, 6) is -0.383. The molecule has 1 aliphatic heterocycles. The summed E-state index contributed by atoms with van der Waals surface area (Å²) in [6, 6.07) is 19.1. The molecule has 6 nitrogen and oxygen atoms in total. The second-order valence-corrected chi connectivity index (χ2v) is 9.02. The Bertz CT molecular complexity index is 1290. The molecule has 1 aliphatic rings. The Hall–Kier alpha value is -3.68. The molecule has 0 atom stereocenters. The van der Waals surface area contributed by atoms with Gasteiger partial charge in [-0.3, -0.25) is 5.10 Å². The molecule has 0 aliphatic carbocycles. The summed E-state index contributed by atoms with van der Waals surface area (Å²) < 4.78 is 0. The van der Waals surface area contributed by atoms with E-state index in [4.69, 9.17) is 0 Å². The molecule has 0 bridgehead atoms. The van der Waals surface area contributed by atoms with E-state index in [2.05, 4.69) is 76.7 Å². The zero-order chi connectivity index (χ0) is 23.5. The first-order chi connectivity index (χ1) is 16.0. The maximum Gasteiger partial charge on any atom is 0.131 e. The van der Waals surface area contributed by atoms with Crippen LogP contribution < -0.4 is 10.2 Å². The van der Waals surface area contributed by atoms with Gasteiger partial charge in [-0.2, -0.15) is 15.6 Å². The smallest absolute Gasteiger partial charge is 0.131 e. The van der Waals surface area contributed by atoms with Gasteiger partial charge >= 0.3 is 0 Å². The molecule has 166 valence electrons. The fourth-order valence-corrected chi connectivity index (χ4v) is 5.18. The van der Waals surface area contributed by atoms with E-state index in [1.165, 1.54) is 5.69 Å². The molecule has 2 N–H and O–H groups in total. The number of H-pyrrole nitrogens is 1. The Morgan fingerprint density at radius 3 is 2.18 bits per heavy atom. The number of benzene rings is 2. The summed E-state index contributed by atoms with van der Waals surface area (Å²) in [7, 11) is 0. The number of nitriles is 2. The molecule has 33 heavy (non-hydrogen) atoms. The molecule has 0 spiro atoms. The van der Waals surface area contributed by atoms with Crippen LogP contribution in [0.5, 0.6) is 0 Å². The van der Waals surface area contributed by atoms with Gasteiger partial charge in [-0.05, 0) is 69.7 Å². The highest BCUT2D eigenvalue weighted by Gasteiger charge is 2.29. The van der Waals surface area contributed by atoms with Gasteiger partial charge in [-0.1, -0.05) is 17.8 Å². The summed E-state index contributed by atoms with van der Waals surface area (Å²) in [4.78, 5) is 3.42. The molecule has 0 saturated carbocycles. The number of nitrogens with one attached hydrogen (secondary N) is 2. The standard InChI is InChI=1S/C26H26N6S/c1-5-32(6-2)19-8-10-20(11-9-19)33-26-21-13-18(7-12-24(21)30-31-26)25-22(14-27)16(3)29-17(4)23(25)15-28/h7-13,25,29H,5-6H2,1-4H3,(H,30,31). The lowest BCUT2D eigenvalue weighted by Crippen LogP contribution is -2.23. The molecule has 0 amide bonds. The summed E-state index contributed by atoms with van der Waals surface area (Å²) in [5, 5.41) is 32.3. The third-order valence-corrected chi connectivity index (χ3v) is 7.08. The monoisotopic (exact) mass is 454 g/mol. The number of fused-ring (bicyclic) bond motifs is 1. The average molecular weight is 455 g/mol. The maximum absolute atomic E-state index is 9.81. The van der Waals surface area contributed by atoms with Crippen LogP contribution >= 0.6 is 11.8 Å². The number of rotatable bonds is 6.